The summed E-state index contributed by atoms with van der Waals surface area (Å²) in [6.07, 6.45) is 1.52. The van der Waals surface area contributed by atoms with Crippen LogP contribution in [0.25, 0.3) is 0 Å². The maximum absolute atomic E-state index is 11.9. The average molecular weight is 313 g/mol. The van der Waals surface area contributed by atoms with Crippen LogP contribution in [0.15, 0.2) is 53.6 Å². The fraction of sp³-hybridized carbons (Fsp3) is 0.176. The maximum Gasteiger partial charge on any atom is 0.275 e. The second-order valence-corrected chi connectivity index (χ2v) is 4.95. The Labute approximate surface area is 134 Å². The minimum absolute atomic E-state index is 0.0866. The van der Waals surface area contributed by atoms with Gasteiger partial charge in [0.15, 0.2) is 0 Å². The fourth-order valence-corrected chi connectivity index (χ4v) is 1.99. The number of rotatable bonds is 6. The lowest BCUT2D eigenvalue weighted by atomic mass is 10.2. The number of aliphatic hydroxyl groups is 1. The van der Waals surface area contributed by atoms with E-state index in [0.29, 0.717) is 6.54 Å². The zero-order chi connectivity index (χ0) is 16.7. The van der Waals surface area contributed by atoms with Gasteiger partial charge in [0.25, 0.3) is 5.91 Å². The fourth-order valence-electron chi connectivity index (χ4n) is 1.99. The molecule has 0 aliphatic rings. The number of phenolic OH excluding ortho intramolecular Hbond substituents is 1. The molecule has 3 N–H and O–H groups in total. The summed E-state index contributed by atoms with van der Waals surface area (Å²) in [4.78, 5) is 13.8. The number of likely N-dealkylation sites (N-methyl/N-ethyl adjacent to an activating group) is 1. The first kappa shape index (κ1) is 16.5. The van der Waals surface area contributed by atoms with Crippen molar-refractivity contribution < 1.29 is 15.0 Å². The Morgan fingerprint density at radius 1 is 1.22 bits per heavy atom. The van der Waals surface area contributed by atoms with E-state index in [9.17, 15) is 9.90 Å². The number of aromatic hydroxyl groups is 1. The summed E-state index contributed by atoms with van der Waals surface area (Å²) in [5.41, 5.74) is 4.35. The summed E-state index contributed by atoms with van der Waals surface area (Å²) in [7, 11) is 1.89. The van der Waals surface area contributed by atoms with Crippen molar-refractivity contribution in [3.8, 4) is 5.75 Å². The predicted octanol–water partition coefficient (Wildman–Crippen LogP) is 1.58. The molecule has 0 fully saturated rings. The summed E-state index contributed by atoms with van der Waals surface area (Å²) in [5, 5.41) is 22.4. The van der Waals surface area contributed by atoms with Crippen LogP contribution in [-0.4, -0.2) is 42.5 Å². The number of para-hydroxylation sites is 1. The number of nitrogens with zero attached hydrogens (tertiary/aromatic N) is 2. The van der Waals surface area contributed by atoms with E-state index >= 15 is 0 Å². The molecule has 1 amide bonds. The van der Waals surface area contributed by atoms with E-state index < -0.39 is 5.91 Å². The van der Waals surface area contributed by atoms with Crippen LogP contribution in [0.3, 0.4) is 0 Å². The average Bonchev–Trinajstić information content (AvgIpc) is 2.56. The molecule has 0 unspecified atom stereocenters. The molecule has 0 bridgehead atoms. The number of carbonyl (C=O) groups is 1. The third-order valence-corrected chi connectivity index (χ3v) is 3.30. The molecule has 23 heavy (non-hydrogen) atoms. The van der Waals surface area contributed by atoms with Gasteiger partial charge in [0.1, 0.15) is 5.75 Å². The number of amides is 1. The maximum atomic E-state index is 11.9. The van der Waals surface area contributed by atoms with Crippen LogP contribution in [0, 0.1) is 0 Å². The van der Waals surface area contributed by atoms with E-state index in [0.717, 1.165) is 11.3 Å². The van der Waals surface area contributed by atoms with Gasteiger partial charge in [-0.25, -0.2) is 5.43 Å². The summed E-state index contributed by atoms with van der Waals surface area (Å²) in [5.74, 6) is -0.560. The molecular formula is C17H19N3O3. The molecule has 0 saturated heterocycles. The van der Waals surface area contributed by atoms with Crippen LogP contribution in [0.5, 0.6) is 5.75 Å². The number of hydrogen-bond acceptors (Lipinski definition) is 5. The van der Waals surface area contributed by atoms with E-state index in [-0.39, 0.29) is 17.9 Å². The van der Waals surface area contributed by atoms with Gasteiger partial charge < -0.3 is 15.1 Å². The molecule has 0 saturated carbocycles. The van der Waals surface area contributed by atoms with Crippen LogP contribution in [0.1, 0.15) is 15.9 Å². The molecular weight excluding hydrogens is 294 g/mol. The van der Waals surface area contributed by atoms with Gasteiger partial charge in [-0.2, -0.15) is 5.10 Å². The van der Waals surface area contributed by atoms with Gasteiger partial charge in [-0.3, -0.25) is 4.79 Å². The quantitative estimate of drug-likeness (QED) is 0.558. The van der Waals surface area contributed by atoms with Crippen LogP contribution >= 0.6 is 0 Å². The Hall–Kier alpha value is -2.86. The molecule has 120 valence electrons. The Bertz CT molecular complexity index is 684. The summed E-state index contributed by atoms with van der Waals surface area (Å²) < 4.78 is 0. The highest BCUT2D eigenvalue weighted by Gasteiger charge is 2.08. The summed E-state index contributed by atoms with van der Waals surface area (Å²) in [6, 6.07) is 13.8. The number of benzene rings is 2. The first-order valence-electron chi connectivity index (χ1n) is 7.15. The molecule has 0 atom stereocenters. The Morgan fingerprint density at radius 3 is 2.57 bits per heavy atom. The van der Waals surface area contributed by atoms with Crippen LogP contribution in [-0.2, 0) is 0 Å². The van der Waals surface area contributed by atoms with E-state index in [1.165, 1.54) is 18.3 Å². The SMILES string of the molecule is CN(CCO)c1ccc(/C=N\NC(=O)c2ccccc2O)cc1. The van der Waals surface area contributed by atoms with Crippen molar-refractivity contribution >= 4 is 17.8 Å². The lowest BCUT2D eigenvalue weighted by molar-refractivity contribution is 0.0952. The molecule has 0 radical (unpaired) electrons. The number of aliphatic hydroxyl groups excluding tert-OH is 1. The molecule has 6 nitrogen and oxygen atoms in total. The molecule has 2 rings (SSSR count). The van der Waals surface area contributed by atoms with Gasteiger partial charge in [0.2, 0.25) is 0 Å². The minimum atomic E-state index is -0.473. The molecule has 0 aliphatic carbocycles. The zero-order valence-electron chi connectivity index (χ0n) is 12.8. The Kier molecular flexibility index (Phi) is 5.71. The normalized spacial score (nSPS) is 10.7. The number of nitrogens with one attached hydrogen (secondary N) is 1. The van der Waals surface area contributed by atoms with E-state index in [1.54, 1.807) is 12.1 Å². The van der Waals surface area contributed by atoms with Crippen LogP contribution in [0.2, 0.25) is 0 Å². The number of hydrazone groups is 1. The Balaban J connectivity index is 1.95. The minimum Gasteiger partial charge on any atom is -0.507 e. The van der Waals surface area contributed by atoms with Crippen molar-refractivity contribution in [2.24, 2.45) is 5.10 Å². The first-order valence-corrected chi connectivity index (χ1v) is 7.15. The molecule has 0 spiro atoms. The van der Waals surface area contributed by atoms with Crippen molar-refractivity contribution in [1.82, 2.24) is 5.43 Å². The van der Waals surface area contributed by atoms with E-state index in [4.69, 9.17) is 5.11 Å². The van der Waals surface area contributed by atoms with Gasteiger partial charge in [-0.15, -0.1) is 0 Å². The third-order valence-electron chi connectivity index (χ3n) is 3.30. The predicted molar refractivity (Wildman–Crippen MR) is 90.0 cm³/mol. The number of anilines is 1. The van der Waals surface area contributed by atoms with Gasteiger partial charge in [0, 0.05) is 19.3 Å². The largest absolute Gasteiger partial charge is 0.507 e. The van der Waals surface area contributed by atoms with E-state index in [2.05, 4.69) is 10.5 Å². The molecule has 2 aromatic carbocycles. The van der Waals surface area contributed by atoms with Crippen LogP contribution in [0.4, 0.5) is 5.69 Å². The number of phenols is 1. The molecule has 2 aromatic rings. The standard InChI is InChI=1S/C17H19N3O3/c1-20(10-11-21)14-8-6-13(7-9-14)12-18-19-17(23)15-4-2-3-5-16(15)22/h2-9,12,21-22H,10-11H2,1H3,(H,19,23)/b18-12-. The highest BCUT2D eigenvalue weighted by atomic mass is 16.3. The Morgan fingerprint density at radius 2 is 1.91 bits per heavy atom. The van der Waals surface area contributed by atoms with Gasteiger partial charge in [0.05, 0.1) is 18.4 Å². The topological polar surface area (TPSA) is 85.2 Å². The molecule has 0 aromatic heterocycles. The van der Waals surface area contributed by atoms with Gasteiger partial charge >= 0.3 is 0 Å². The molecule has 0 heterocycles. The zero-order valence-corrected chi connectivity index (χ0v) is 12.8. The smallest absolute Gasteiger partial charge is 0.275 e. The lowest BCUT2D eigenvalue weighted by Crippen LogP contribution is -2.20. The number of hydrogen-bond donors (Lipinski definition) is 3. The van der Waals surface area contributed by atoms with Crippen molar-refractivity contribution in [3.63, 3.8) is 0 Å². The molecule has 6 heteroatoms. The molecule has 0 aliphatic heterocycles. The van der Waals surface area contributed by atoms with Crippen molar-refractivity contribution in [2.75, 3.05) is 25.1 Å². The van der Waals surface area contributed by atoms with Crippen molar-refractivity contribution in [3.05, 3.63) is 59.7 Å². The second-order valence-electron chi connectivity index (χ2n) is 4.95. The van der Waals surface area contributed by atoms with Gasteiger partial charge in [-0.05, 0) is 29.8 Å². The monoisotopic (exact) mass is 313 g/mol. The third kappa shape index (κ3) is 4.55. The highest BCUT2D eigenvalue weighted by Crippen LogP contribution is 2.15. The number of carbonyl (C=O) groups excluding carboxylic acids is 1. The first-order chi connectivity index (χ1) is 11.1. The van der Waals surface area contributed by atoms with Gasteiger partial charge in [-0.1, -0.05) is 24.3 Å². The second kappa shape index (κ2) is 7.95. The van der Waals surface area contributed by atoms with Crippen molar-refractivity contribution in [2.45, 2.75) is 0 Å². The van der Waals surface area contributed by atoms with Crippen molar-refractivity contribution in [1.29, 1.82) is 0 Å². The van der Waals surface area contributed by atoms with E-state index in [1.807, 2.05) is 36.2 Å². The highest BCUT2D eigenvalue weighted by molar-refractivity contribution is 5.97. The summed E-state index contributed by atoms with van der Waals surface area (Å²) >= 11 is 0. The lowest BCUT2D eigenvalue weighted by Gasteiger charge is -2.17. The summed E-state index contributed by atoms with van der Waals surface area (Å²) in [6.45, 7) is 0.655. The van der Waals surface area contributed by atoms with Crippen LogP contribution < -0.4 is 10.3 Å².